The average molecular weight is 282 g/mol. The summed E-state index contributed by atoms with van der Waals surface area (Å²) in [5.41, 5.74) is 2.66. The topological polar surface area (TPSA) is 58.2 Å². The van der Waals surface area contributed by atoms with Crippen molar-refractivity contribution in [3.05, 3.63) is 28.8 Å². The number of hydrogen-bond donors (Lipinski definition) is 2. The minimum absolute atomic E-state index is 0.00179. The molecule has 1 aliphatic rings. The Morgan fingerprint density at radius 1 is 1.21 bits per heavy atom. The predicted molar refractivity (Wildman–Crippen MR) is 76.9 cm³/mol. The van der Waals surface area contributed by atoms with Crippen LogP contribution in [0.4, 0.5) is 0 Å². The third kappa shape index (κ3) is 3.16. The van der Waals surface area contributed by atoms with E-state index in [1.807, 2.05) is 32.9 Å². The van der Waals surface area contributed by atoms with Gasteiger partial charge in [-0.05, 0) is 56.8 Å². The molecule has 4 nitrogen and oxygen atoms in total. The molecule has 0 unspecified atom stereocenters. The summed E-state index contributed by atoms with van der Waals surface area (Å²) >= 11 is 0. The molecule has 1 aliphatic heterocycles. The van der Waals surface area contributed by atoms with Gasteiger partial charge in [0.05, 0.1) is 4.90 Å². The lowest BCUT2D eigenvalue weighted by atomic mass is 10.1. The van der Waals surface area contributed by atoms with E-state index >= 15 is 0 Å². The Morgan fingerprint density at radius 3 is 2.53 bits per heavy atom. The lowest BCUT2D eigenvalue weighted by molar-refractivity contribution is 0.428. The van der Waals surface area contributed by atoms with Crippen molar-refractivity contribution in [3.63, 3.8) is 0 Å². The molecule has 19 heavy (non-hydrogen) atoms. The van der Waals surface area contributed by atoms with Crippen molar-refractivity contribution in [2.75, 3.05) is 13.1 Å². The molecule has 1 aromatic rings. The van der Waals surface area contributed by atoms with Crippen LogP contribution in [-0.4, -0.2) is 27.5 Å². The number of sulfonamides is 1. The van der Waals surface area contributed by atoms with Crippen LogP contribution in [0.15, 0.2) is 17.0 Å². The Bertz CT molecular complexity index is 561. The number of aryl methyl sites for hydroxylation is 2. The fourth-order valence-corrected chi connectivity index (χ4v) is 4.38. The average Bonchev–Trinajstić information content (AvgIpc) is 2.35. The predicted octanol–water partition coefficient (Wildman–Crippen LogP) is 1.64. The van der Waals surface area contributed by atoms with E-state index in [0.29, 0.717) is 11.4 Å². The minimum Gasteiger partial charge on any atom is -0.315 e. The van der Waals surface area contributed by atoms with Crippen molar-refractivity contribution in [2.24, 2.45) is 0 Å². The summed E-state index contributed by atoms with van der Waals surface area (Å²) in [5.74, 6) is 0. The van der Waals surface area contributed by atoms with Crippen LogP contribution < -0.4 is 10.0 Å². The zero-order chi connectivity index (χ0) is 14.0. The highest BCUT2D eigenvalue weighted by Crippen LogP contribution is 2.23. The molecule has 1 aromatic carbocycles. The van der Waals surface area contributed by atoms with E-state index in [0.717, 1.165) is 36.1 Å². The number of nitrogens with one attached hydrogen (secondary N) is 2. The molecular formula is C14H22N2O2S. The first kappa shape index (κ1) is 14.5. The molecule has 1 atom stereocenters. The fraction of sp³-hybridized carbons (Fsp3) is 0.571. The zero-order valence-electron chi connectivity index (χ0n) is 11.8. The molecule has 0 aliphatic carbocycles. The second kappa shape index (κ2) is 5.61. The normalized spacial score (nSPS) is 20.5. The lowest BCUT2D eigenvalue weighted by Gasteiger charge is -2.24. The van der Waals surface area contributed by atoms with Crippen molar-refractivity contribution in [2.45, 2.75) is 44.6 Å². The molecule has 1 fully saturated rings. The number of hydrogen-bond acceptors (Lipinski definition) is 3. The van der Waals surface area contributed by atoms with Crippen LogP contribution in [0.1, 0.15) is 29.5 Å². The monoisotopic (exact) mass is 282 g/mol. The van der Waals surface area contributed by atoms with Gasteiger partial charge < -0.3 is 5.32 Å². The van der Waals surface area contributed by atoms with Crippen molar-refractivity contribution in [1.29, 1.82) is 0 Å². The van der Waals surface area contributed by atoms with Gasteiger partial charge in [-0.2, -0.15) is 0 Å². The minimum atomic E-state index is -3.43. The summed E-state index contributed by atoms with van der Waals surface area (Å²) in [6, 6.07) is 3.83. The molecule has 0 aromatic heterocycles. The van der Waals surface area contributed by atoms with Gasteiger partial charge in [0.2, 0.25) is 10.0 Å². The largest absolute Gasteiger partial charge is 0.315 e. The van der Waals surface area contributed by atoms with Crippen LogP contribution in [0.2, 0.25) is 0 Å². The zero-order valence-corrected chi connectivity index (χ0v) is 12.6. The Morgan fingerprint density at radius 2 is 1.89 bits per heavy atom. The Kier molecular flexibility index (Phi) is 4.28. The van der Waals surface area contributed by atoms with E-state index in [9.17, 15) is 8.42 Å². The molecule has 0 saturated carbocycles. The number of benzene rings is 1. The Balaban J connectivity index is 2.31. The van der Waals surface area contributed by atoms with E-state index in [1.165, 1.54) is 0 Å². The van der Waals surface area contributed by atoms with Crippen molar-refractivity contribution >= 4 is 10.0 Å². The second-order valence-electron chi connectivity index (χ2n) is 5.32. The summed E-state index contributed by atoms with van der Waals surface area (Å²) in [7, 11) is -3.43. The van der Waals surface area contributed by atoms with Crippen LogP contribution in [0.5, 0.6) is 0 Å². The van der Waals surface area contributed by atoms with Gasteiger partial charge in [0.1, 0.15) is 0 Å². The molecule has 1 heterocycles. The highest BCUT2D eigenvalue weighted by molar-refractivity contribution is 7.89. The molecule has 2 rings (SSSR count). The smallest absolute Gasteiger partial charge is 0.241 e. The van der Waals surface area contributed by atoms with Gasteiger partial charge in [-0.3, -0.25) is 0 Å². The van der Waals surface area contributed by atoms with E-state index in [4.69, 9.17) is 0 Å². The molecule has 0 amide bonds. The maximum atomic E-state index is 12.6. The highest BCUT2D eigenvalue weighted by Gasteiger charge is 2.25. The van der Waals surface area contributed by atoms with Crippen LogP contribution in [-0.2, 0) is 10.0 Å². The number of rotatable bonds is 3. The third-order valence-corrected chi connectivity index (χ3v) is 5.57. The fourth-order valence-electron chi connectivity index (χ4n) is 2.57. The SMILES string of the molecule is Cc1ccc(C)c(S(=O)(=O)N[C@H]2CCCNC2)c1C. The van der Waals surface area contributed by atoms with Gasteiger partial charge in [0.25, 0.3) is 0 Å². The molecule has 5 heteroatoms. The van der Waals surface area contributed by atoms with E-state index in [2.05, 4.69) is 10.0 Å². The highest BCUT2D eigenvalue weighted by atomic mass is 32.2. The second-order valence-corrected chi connectivity index (χ2v) is 6.97. The molecule has 1 saturated heterocycles. The van der Waals surface area contributed by atoms with Crippen molar-refractivity contribution in [3.8, 4) is 0 Å². The molecule has 0 spiro atoms. The van der Waals surface area contributed by atoms with Crippen LogP contribution in [0, 0.1) is 20.8 Å². The van der Waals surface area contributed by atoms with E-state index in [1.54, 1.807) is 0 Å². The van der Waals surface area contributed by atoms with Crippen molar-refractivity contribution in [1.82, 2.24) is 10.0 Å². The summed E-state index contributed by atoms with van der Waals surface area (Å²) in [6.45, 7) is 7.34. The van der Waals surface area contributed by atoms with Crippen LogP contribution >= 0.6 is 0 Å². The molecule has 106 valence electrons. The lowest BCUT2D eigenvalue weighted by Crippen LogP contribution is -2.45. The van der Waals surface area contributed by atoms with Gasteiger partial charge in [0.15, 0.2) is 0 Å². The summed E-state index contributed by atoms with van der Waals surface area (Å²) in [5, 5.41) is 3.22. The molecule has 0 bridgehead atoms. The van der Waals surface area contributed by atoms with Crippen LogP contribution in [0.25, 0.3) is 0 Å². The summed E-state index contributed by atoms with van der Waals surface area (Å²) in [4.78, 5) is 0.443. The first-order chi connectivity index (χ1) is 8.92. The quantitative estimate of drug-likeness (QED) is 0.886. The maximum absolute atomic E-state index is 12.6. The van der Waals surface area contributed by atoms with Gasteiger partial charge in [-0.15, -0.1) is 0 Å². The maximum Gasteiger partial charge on any atom is 0.241 e. The van der Waals surface area contributed by atoms with E-state index in [-0.39, 0.29) is 6.04 Å². The van der Waals surface area contributed by atoms with E-state index < -0.39 is 10.0 Å². The standard InChI is InChI=1S/C14H22N2O2S/c1-10-6-7-11(2)14(12(10)3)19(17,18)16-13-5-4-8-15-9-13/h6-7,13,15-16H,4-5,8-9H2,1-3H3/t13-/m0/s1. The third-order valence-electron chi connectivity index (χ3n) is 3.76. The van der Waals surface area contributed by atoms with Gasteiger partial charge in [0, 0.05) is 12.6 Å². The summed E-state index contributed by atoms with van der Waals surface area (Å²) < 4.78 is 27.9. The van der Waals surface area contributed by atoms with Crippen LogP contribution in [0.3, 0.4) is 0 Å². The number of piperidine rings is 1. The molecule has 2 N–H and O–H groups in total. The first-order valence-electron chi connectivity index (χ1n) is 6.71. The summed E-state index contributed by atoms with van der Waals surface area (Å²) in [6.07, 6.45) is 1.91. The molecular weight excluding hydrogens is 260 g/mol. The molecule has 0 radical (unpaired) electrons. The van der Waals surface area contributed by atoms with Gasteiger partial charge in [-0.1, -0.05) is 12.1 Å². The first-order valence-corrected chi connectivity index (χ1v) is 8.20. The van der Waals surface area contributed by atoms with Gasteiger partial charge in [-0.25, -0.2) is 13.1 Å². The van der Waals surface area contributed by atoms with Gasteiger partial charge >= 0.3 is 0 Å². The Hall–Kier alpha value is -0.910. The van der Waals surface area contributed by atoms with Crippen molar-refractivity contribution < 1.29 is 8.42 Å². The Labute approximate surface area is 115 Å².